The van der Waals surface area contributed by atoms with Crippen molar-refractivity contribution in [3.05, 3.63) is 29.8 Å². The summed E-state index contributed by atoms with van der Waals surface area (Å²) in [5, 5.41) is 0. The Hall–Kier alpha value is -1.68. The maximum Gasteiger partial charge on any atom is 0.233 e. The predicted molar refractivity (Wildman–Crippen MR) is 110 cm³/mol. The largest absolute Gasteiger partial charge is 0.493 e. The van der Waals surface area contributed by atoms with Crippen molar-refractivity contribution in [2.45, 2.75) is 49.8 Å². The molecule has 150 valence electrons. The van der Waals surface area contributed by atoms with Crippen LogP contribution in [0.4, 0.5) is 0 Å². The summed E-state index contributed by atoms with van der Waals surface area (Å²) in [7, 11) is 3.28. The Bertz CT molecular complexity index is 850. The van der Waals surface area contributed by atoms with Crippen LogP contribution in [0.2, 0.25) is 0 Å². The number of ether oxygens (including phenoxy) is 2. The molecular formula is C23H28ClNO3. The number of carbonyl (C=O) groups excluding carboxylic acids is 1. The monoisotopic (exact) mass is 401 g/mol. The minimum absolute atomic E-state index is 0.161. The first-order chi connectivity index (χ1) is 13.4. The second kappa shape index (κ2) is 6.16. The number of nitrogens with zero attached hydrogens (tertiary/aromatic N) is 1. The molecule has 4 aliphatic carbocycles. The van der Waals surface area contributed by atoms with Gasteiger partial charge < -0.3 is 14.4 Å². The average molecular weight is 402 g/mol. The summed E-state index contributed by atoms with van der Waals surface area (Å²) in [4.78, 5) is 15.6. The number of fused-ring (bicyclic) bond motifs is 1. The SMILES string of the molecule is C=C1c2cc(OC)c(OC)cc2CCN1C(=O)C12C[C@@H]3C[C@@H](CC(Cl)(C3)C1)C2. The van der Waals surface area contributed by atoms with E-state index >= 15 is 0 Å². The van der Waals surface area contributed by atoms with E-state index in [-0.39, 0.29) is 16.2 Å². The fraction of sp³-hybridized carbons (Fsp3) is 0.609. The van der Waals surface area contributed by atoms with Crippen LogP contribution in [-0.4, -0.2) is 36.4 Å². The van der Waals surface area contributed by atoms with Crippen LogP contribution < -0.4 is 9.47 Å². The average Bonchev–Trinajstić information content (AvgIpc) is 2.65. The number of benzene rings is 1. The number of hydrogen-bond acceptors (Lipinski definition) is 3. The van der Waals surface area contributed by atoms with Crippen molar-refractivity contribution in [1.82, 2.24) is 4.90 Å². The molecule has 1 aromatic rings. The Balaban J connectivity index is 1.47. The van der Waals surface area contributed by atoms with Crippen LogP contribution in [0.25, 0.3) is 5.70 Å². The molecule has 4 fully saturated rings. The van der Waals surface area contributed by atoms with Gasteiger partial charge in [-0.25, -0.2) is 0 Å². The van der Waals surface area contributed by atoms with Crippen molar-refractivity contribution >= 4 is 23.2 Å². The van der Waals surface area contributed by atoms with Crippen LogP contribution >= 0.6 is 11.6 Å². The summed E-state index contributed by atoms with van der Waals surface area (Å²) in [5.41, 5.74) is 2.64. The topological polar surface area (TPSA) is 38.8 Å². The van der Waals surface area contributed by atoms with Gasteiger partial charge in [0.05, 0.1) is 19.6 Å². The molecule has 2 unspecified atom stereocenters. The van der Waals surface area contributed by atoms with Gasteiger partial charge in [0.15, 0.2) is 11.5 Å². The lowest BCUT2D eigenvalue weighted by molar-refractivity contribution is -0.152. The van der Waals surface area contributed by atoms with E-state index in [0.717, 1.165) is 61.1 Å². The first-order valence-electron chi connectivity index (χ1n) is 10.3. The predicted octanol–water partition coefficient (Wildman–Crippen LogP) is 4.64. The molecule has 0 aromatic heterocycles. The van der Waals surface area contributed by atoms with Crippen LogP contribution in [0.15, 0.2) is 18.7 Å². The maximum atomic E-state index is 13.8. The van der Waals surface area contributed by atoms with Gasteiger partial charge in [0.1, 0.15) is 0 Å². The van der Waals surface area contributed by atoms with E-state index in [4.69, 9.17) is 21.1 Å². The second-order valence-corrected chi connectivity index (χ2v) is 10.2. The summed E-state index contributed by atoms with van der Waals surface area (Å²) in [6, 6.07) is 3.97. The maximum absolute atomic E-state index is 13.8. The van der Waals surface area contributed by atoms with Gasteiger partial charge >= 0.3 is 0 Å². The number of hydrogen-bond donors (Lipinski definition) is 0. The van der Waals surface area contributed by atoms with Crippen LogP contribution in [0, 0.1) is 17.3 Å². The van der Waals surface area contributed by atoms with Crippen LogP contribution in [0.5, 0.6) is 11.5 Å². The second-order valence-electron chi connectivity index (χ2n) is 9.41. The van der Waals surface area contributed by atoms with E-state index in [0.29, 0.717) is 24.1 Å². The molecule has 28 heavy (non-hydrogen) atoms. The molecule has 4 bridgehead atoms. The first-order valence-corrected chi connectivity index (χ1v) is 10.7. The van der Waals surface area contributed by atoms with Gasteiger partial charge in [-0.1, -0.05) is 6.58 Å². The highest BCUT2D eigenvalue weighted by Crippen LogP contribution is 2.64. The lowest BCUT2D eigenvalue weighted by atomic mass is 9.49. The molecule has 0 saturated heterocycles. The minimum Gasteiger partial charge on any atom is -0.493 e. The molecular weight excluding hydrogens is 374 g/mol. The molecule has 1 aromatic carbocycles. The third-order valence-electron chi connectivity index (χ3n) is 7.54. The summed E-state index contributed by atoms with van der Waals surface area (Å²) >= 11 is 6.97. The fourth-order valence-electron chi connectivity index (χ4n) is 6.82. The van der Waals surface area contributed by atoms with Crippen LogP contribution in [0.3, 0.4) is 0 Å². The minimum atomic E-state index is -0.289. The van der Waals surface area contributed by atoms with Crippen molar-refractivity contribution in [2.24, 2.45) is 17.3 Å². The molecule has 1 amide bonds. The van der Waals surface area contributed by atoms with Gasteiger partial charge in [0.2, 0.25) is 5.91 Å². The Labute approximate surface area is 171 Å². The summed E-state index contributed by atoms with van der Waals surface area (Å²) in [6.45, 7) is 4.98. The molecule has 5 heteroatoms. The quantitative estimate of drug-likeness (QED) is 0.693. The number of alkyl halides is 1. The summed E-state index contributed by atoms with van der Waals surface area (Å²) in [5.74, 6) is 2.86. The van der Waals surface area contributed by atoms with E-state index in [1.165, 1.54) is 6.42 Å². The van der Waals surface area contributed by atoms with Gasteiger partial charge in [0, 0.05) is 22.7 Å². The summed E-state index contributed by atoms with van der Waals surface area (Å²) in [6.07, 6.45) is 7.05. The highest BCUT2D eigenvalue weighted by atomic mass is 35.5. The smallest absolute Gasteiger partial charge is 0.233 e. The number of carbonyl (C=O) groups is 1. The number of amides is 1. The zero-order chi connectivity index (χ0) is 19.7. The van der Waals surface area contributed by atoms with Crippen molar-refractivity contribution in [3.8, 4) is 11.5 Å². The van der Waals surface area contributed by atoms with E-state index in [1.54, 1.807) is 14.2 Å². The zero-order valence-corrected chi connectivity index (χ0v) is 17.5. The Morgan fingerprint density at radius 3 is 2.39 bits per heavy atom. The Morgan fingerprint density at radius 2 is 1.79 bits per heavy atom. The molecule has 0 spiro atoms. The van der Waals surface area contributed by atoms with Gasteiger partial charge in [-0.3, -0.25) is 4.79 Å². The van der Waals surface area contributed by atoms with E-state index in [1.807, 2.05) is 17.0 Å². The highest BCUT2D eigenvalue weighted by molar-refractivity contribution is 6.24. The van der Waals surface area contributed by atoms with E-state index < -0.39 is 0 Å². The molecule has 0 N–H and O–H groups in total. The third-order valence-corrected chi connectivity index (χ3v) is 7.98. The van der Waals surface area contributed by atoms with Gasteiger partial charge in [-0.2, -0.15) is 0 Å². The number of halogens is 1. The van der Waals surface area contributed by atoms with Crippen molar-refractivity contribution in [1.29, 1.82) is 0 Å². The third kappa shape index (κ3) is 2.60. The van der Waals surface area contributed by atoms with Gasteiger partial charge in [-0.05, 0) is 74.5 Å². The molecule has 4 saturated carbocycles. The Kier molecular flexibility index (Phi) is 4.04. The van der Waals surface area contributed by atoms with Gasteiger partial charge in [-0.15, -0.1) is 11.6 Å². The Morgan fingerprint density at radius 1 is 1.14 bits per heavy atom. The molecule has 4 nitrogen and oxygen atoms in total. The van der Waals surface area contributed by atoms with Crippen molar-refractivity contribution < 1.29 is 14.3 Å². The van der Waals surface area contributed by atoms with Crippen molar-refractivity contribution in [2.75, 3.05) is 20.8 Å². The molecule has 1 aliphatic heterocycles. The van der Waals surface area contributed by atoms with Gasteiger partial charge in [0.25, 0.3) is 0 Å². The molecule has 5 aliphatic rings. The first kappa shape index (κ1) is 18.4. The standard InChI is InChI=1S/C23H28ClNO3/c1-14-18-8-20(28-3)19(27-2)7-17(18)4-5-25(14)21(26)22-9-15-6-16(10-22)12-23(24,11-15)13-22/h7-8,15-16H,1,4-6,9-13H2,2-3H3/t15-,16+,22?,23?. The fourth-order valence-corrected chi connectivity index (χ4v) is 7.51. The molecule has 0 radical (unpaired) electrons. The highest BCUT2D eigenvalue weighted by Gasteiger charge is 2.61. The normalized spacial score (nSPS) is 35.7. The van der Waals surface area contributed by atoms with Crippen LogP contribution in [-0.2, 0) is 11.2 Å². The molecule has 1 heterocycles. The van der Waals surface area contributed by atoms with E-state index in [2.05, 4.69) is 6.58 Å². The lowest BCUT2D eigenvalue weighted by Crippen LogP contribution is -2.59. The molecule has 6 rings (SSSR count). The number of rotatable bonds is 3. The molecule has 4 atom stereocenters. The lowest BCUT2D eigenvalue weighted by Gasteiger charge is -2.60. The summed E-state index contributed by atoms with van der Waals surface area (Å²) < 4.78 is 10.9. The zero-order valence-electron chi connectivity index (χ0n) is 16.7. The van der Waals surface area contributed by atoms with E-state index in [9.17, 15) is 4.79 Å². The number of methoxy groups -OCH3 is 2. The van der Waals surface area contributed by atoms with Crippen LogP contribution in [0.1, 0.15) is 49.7 Å². The van der Waals surface area contributed by atoms with Crippen molar-refractivity contribution in [3.63, 3.8) is 0 Å².